The predicted molar refractivity (Wildman–Crippen MR) is 137 cm³/mol. The van der Waals surface area contributed by atoms with Crippen molar-refractivity contribution in [1.29, 1.82) is 0 Å². The van der Waals surface area contributed by atoms with Gasteiger partial charge in [-0.05, 0) is 83.9 Å². The first-order chi connectivity index (χ1) is 16.7. The van der Waals surface area contributed by atoms with Crippen LogP contribution in [-0.2, 0) is 5.41 Å². The molecule has 4 aromatic rings. The van der Waals surface area contributed by atoms with Crippen LogP contribution in [0, 0.1) is 0 Å². The van der Waals surface area contributed by atoms with Gasteiger partial charge in [-0.2, -0.15) is 0 Å². The maximum Gasteiger partial charge on any atom is 0.343 e. The number of carbonyl (C=O) groups excluding carboxylic acids is 2. The van der Waals surface area contributed by atoms with Crippen LogP contribution in [0.1, 0.15) is 45.7 Å². The number of nitrogen functional groups attached to an aromatic ring is 2. The van der Waals surface area contributed by atoms with Crippen molar-refractivity contribution >= 4 is 23.3 Å². The van der Waals surface area contributed by atoms with Crippen molar-refractivity contribution in [3.63, 3.8) is 0 Å². The van der Waals surface area contributed by atoms with Crippen LogP contribution in [-0.4, -0.2) is 11.9 Å². The van der Waals surface area contributed by atoms with E-state index in [2.05, 4.69) is 13.8 Å². The van der Waals surface area contributed by atoms with Crippen LogP contribution in [0.4, 0.5) is 11.4 Å². The van der Waals surface area contributed by atoms with Crippen LogP contribution >= 0.6 is 0 Å². The molecule has 176 valence electrons. The molecule has 0 aliphatic rings. The normalized spacial score (nSPS) is 11.0. The van der Waals surface area contributed by atoms with E-state index in [0.29, 0.717) is 34.0 Å². The summed E-state index contributed by atoms with van der Waals surface area (Å²) >= 11 is 0. The molecule has 0 aliphatic heterocycles. The molecule has 0 spiro atoms. The van der Waals surface area contributed by atoms with E-state index in [1.807, 2.05) is 24.3 Å². The quantitative estimate of drug-likeness (QED) is 0.217. The summed E-state index contributed by atoms with van der Waals surface area (Å²) in [4.78, 5) is 24.7. The van der Waals surface area contributed by atoms with E-state index in [0.717, 1.165) is 11.1 Å². The van der Waals surface area contributed by atoms with Crippen LogP contribution in [0.2, 0.25) is 0 Å². The highest BCUT2D eigenvalue weighted by molar-refractivity contribution is 5.92. The monoisotopic (exact) mass is 466 g/mol. The lowest BCUT2D eigenvalue weighted by Crippen LogP contribution is -2.19. The fourth-order valence-corrected chi connectivity index (χ4v) is 3.62. The van der Waals surface area contributed by atoms with Crippen molar-refractivity contribution in [2.45, 2.75) is 19.3 Å². The Morgan fingerprint density at radius 3 is 1.17 bits per heavy atom. The van der Waals surface area contributed by atoms with E-state index >= 15 is 0 Å². The minimum atomic E-state index is -0.443. The molecule has 0 radical (unpaired) electrons. The molecule has 6 heteroatoms. The fraction of sp³-hybridized carbons (Fsp3) is 0.103. The molecule has 4 N–H and O–H groups in total. The zero-order valence-corrected chi connectivity index (χ0v) is 19.5. The standard InChI is InChI=1S/C29H26N2O4/c1-29(2,21-7-15-25(16-8-21)34-27(32)19-3-11-23(30)12-4-19)22-9-17-26(18-10-22)35-28(33)20-5-13-24(31)14-6-20/h3-18H,30-31H2,1-2H3. The summed E-state index contributed by atoms with van der Waals surface area (Å²) in [6.07, 6.45) is 0. The minimum Gasteiger partial charge on any atom is -0.423 e. The molecule has 6 nitrogen and oxygen atoms in total. The van der Waals surface area contributed by atoms with Crippen LogP contribution in [0.3, 0.4) is 0 Å². The van der Waals surface area contributed by atoms with Gasteiger partial charge in [0.05, 0.1) is 11.1 Å². The van der Waals surface area contributed by atoms with Crippen molar-refractivity contribution in [2.75, 3.05) is 11.5 Å². The van der Waals surface area contributed by atoms with E-state index in [-0.39, 0.29) is 5.41 Å². The van der Waals surface area contributed by atoms with Crippen LogP contribution < -0.4 is 20.9 Å². The second-order valence-corrected chi connectivity index (χ2v) is 8.70. The summed E-state index contributed by atoms with van der Waals surface area (Å²) in [6, 6.07) is 28.0. The first-order valence-corrected chi connectivity index (χ1v) is 11.1. The first kappa shape index (κ1) is 23.6. The minimum absolute atomic E-state index is 0.334. The van der Waals surface area contributed by atoms with Gasteiger partial charge in [0.1, 0.15) is 11.5 Å². The van der Waals surface area contributed by atoms with Gasteiger partial charge in [0.2, 0.25) is 0 Å². The summed E-state index contributed by atoms with van der Waals surface area (Å²) in [5.74, 6) is 0.0230. The number of benzene rings is 4. The van der Waals surface area contributed by atoms with E-state index in [1.54, 1.807) is 72.8 Å². The zero-order chi connectivity index (χ0) is 25.0. The lowest BCUT2D eigenvalue weighted by Gasteiger charge is -2.26. The molecule has 0 bridgehead atoms. The molecule has 0 saturated heterocycles. The van der Waals surface area contributed by atoms with Gasteiger partial charge in [0.25, 0.3) is 0 Å². The third-order valence-corrected chi connectivity index (χ3v) is 5.87. The molecule has 0 aromatic heterocycles. The smallest absolute Gasteiger partial charge is 0.343 e. The van der Waals surface area contributed by atoms with Crippen LogP contribution in [0.25, 0.3) is 0 Å². The number of esters is 2. The second-order valence-electron chi connectivity index (χ2n) is 8.70. The topological polar surface area (TPSA) is 105 Å². The number of hydrogen-bond donors (Lipinski definition) is 2. The summed E-state index contributed by atoms with van der Waals surface area (Å²) in [7, 11) is 0. The Hall–Kier alpha value is -4.58. The SMILES string of the molecule is CC(C)(c1ccc(OC(=O)c2ccc(N)cc2)cc1)c1ccc(OC(=O)c2ccc(N)cc2)cc1. The Morgan fingerprint density at radius 1 is 0.543 bits per heavy atom. The van der Waals surface area contributed by atoms with Gasteiger partial charge in [0.15, 0.2) is 0 Å². The third kappa shape index (κ3) is 5.50. The van der Waals surface area contributed by atoms with Gasteiger partial charge in [0, 0.05) is 16.8 Å². The van der Waals surface area contributed by atoms with Gasteiger partial charge in [-0.25, -0.2) is 9.59 Å². The highest BCUT2D eigenvalue weighted by Gasteiger charge is 2.23. The van der Waals surface area contributed by atoms with Gasteiger partial charge >= 0.3 is 11.9 Å². The molecule has 35 heavy (non-hydrogen) atoms. The first-order valence-electron chi connectivity index (χ1n) is 11.1. The maximum atomic E-state index is 12.3. The number of rotatable bonds is 6. The molecule has 4 rings (SSSR count). The number of nitrogens with two attached hydrogens (primary N) is 2. The summed E-state index contributed by atoms with van der Waals surface area (Å²) in [5.41, 5.74) is 15.1. The molecule has 0 atom stereocenters. The zero-order valence-electron chi connectivity index (χ0n) is 19.5. The largest absolute Gasteiger partial charge is 0.423 e. The predicted octanol–water partition coefficient (Wildman–Crippen LogP) is 5.62. The average molecular weight is 467 g/mol. The molecule has 0 saturated carbocycles. The van der Waals surface area contributed by atoms with Crippen LogP contribution in [0.5, 0.6) is 11.5 Å². The van der Waals surface area contributed by atoms with Crippen molar-refractivity contribution in [2.24, 2.45) is 0 Å². The van der Waals surface area contributed by atoms with Gasteiger partial charge in [-0.3, -0.25) is 0 Å². The third-order valence-electron chi connectivity index (χ3n) is 5.87. The van der Waals surface area contributed by atoms with Crippen LogP contribution in [0.15, 0.2) is 97.1 Å². The molecule has 4 aromatic carbocycles. The van der Waals surface area contributed by atoms with Gasteiger partial charge in [-0.15, -0.1) is 0 Å². The number of hydrogen-bond acceptors (Lipinski definition) is 6. The summed E-state index contributed by atoms with van der Waals surface area (Å²) < 4.78 is 10.9. The molecule has 0 unspecified atom stereocenters. The second kappa shape index (κ2) is 9.73. The highest BCUT2D eigenvalue weighted by Crippen LogP contribution is 2.33. The Bertz CT molecular complexity index is 1220. The maximum absolute atomic E-state index is 12.3. The molecule has 0 fully saturated rings. The van der Waals surface area contributed by atoms with Crippen molar-refractivity contribution in [3.05, 3.63) is 119 Å². The fourth-order valence-electron chi connectivity index (χ4n) is 3.62. The van der Waals surface area contributed by atoms with E-state index < -0.39 is 11.9 Å². The van der Waals surface area contributed by atoms with Crippen molar-refractivity contribution in [3.8, 4) is 11.5 Å². The lowest BCUT2D eigenvalue weighted by atomic mass is 9.78. The molecule has 0 amide bonds. The molecule has 0 aliphatic carbocycles. The van der Waals surface area contributed by atoms with Crippen molar-refractivity contribution < 1.29 is 19.1 Å². The highest BCUT2D eigenvalue weighted by atomic mass is 16.5. The van der Waals surface area contributed by atoms with E-state index in [9.17, 15) is 9.59 Å². The molecular weight excluding hydrogens is 440 g/mol. The molecular formula is C29H26N2O4. The average Bonchev–Trinajstić information content (AvgIpc) is 2.85. The number of carbonyl (C=O) groups is 2. The Balaban J connectivity index is 1.43. The lowest BCUT2D eigenvalue weighted by molar-refractivity contribution is 0.0725. The Labute approximate surface area is 204 Å². The summed E-state index contributed by atoms with van der Waals surface area (Å²) in [5, 5.41) is 0. The van der Waals surface area contributed by atoms with Gasteiger partial charge in [-0.1, -0.05) is 38.1 Å². The number of ether oxygens (including phenoxy) is 2. The van der Waals surface area contributed by atoms with Gasteiger partial charge < -0.3 is 20.9 Å². The van der Waals surface area contributed by atoms with Crippen molar-refractivity contribution in [1.82, 2.24) is 0 Å². The van der Waals surface area contributed by atoms with E-state index in [4.69, 9.17) is 20.9 Å². The van der Waals surface area contributed by atoms with E-state index in [1.165, 1.54) is 0 Å². The number of anilines is 2. The Kier molecular flexibility index (Phi) is 6.55. The Morgan fingerprint density at radius 2 is 0.857 bits per heavy atom. The molecule has 0 heterocycles. The summed E-state index contributed by atoms with van der Waals surface area (Å²) in [6.45, 7) is 4.19.